The highest BCUT2D eigenvalue weighted by molar-refractivity contribution is 6.12. The molecule has 0 radical (unpaired) electrons. The molecule has 0 aliphatic rings. The molecule has 7 heteroatoms. The van der Waals surface area contributed by atoms with E-state index in [4.69, 9.17) is 4.74 Å². The Balaban J connectivity index is 2.01. The van der Waals surface area contributed by atoms with E-state index >= 15 is 0 Å². The lowest BCUT2D eigenvalue weighted by Crippen LogP contribution is -2.25. The van der Waals surface area contributed by atoms with Crippen LogP contribution < -0.4 is 10.9 Å². The van der Waals surface area contributed by atoms with E-state index in [1.165, 1.54) is 7.05 Å². The van der Waals surface area contributed by atoms with Crippen LogP contribution in [0.3, 0.4) is 0 Å². The molecule has 2 aromatic carbocycles. The summed E-state index contributed by atoms with van der Waals surface area (Å²) < 4.78 is 5.98. The van der Waals surface area contributed by atoms with Gasteiger partial charge in [-0.2, -0.15) is 0 Å². The molecular weight excluding hydrogens is 322 g/mol. The van der Waals surface area contributed by atoms with Gasteiger partial charge in [0.1, 0.15) is 5.56 Å². The van der Waals surface area contributed by atoms with Crippen LogP contribution in [-0.4, -0.2) is 28.3 Å². The molecule has 128 valence electrons. The Hall–Kier alpha value is -3.35. The van der Waals surface area contributed by atoms with Crippen LogP contribution in [-0.2, 0) is 11.8 Å². The molecule has 0 aliphatic heterocycles. The zero-order valence-electron chi connectivity index (χ0n) is 13.8. The molecule has 0 atom stereocenters. The second-order valence-electron chi connectivity index (χ2n) is 5.43. The number of aryl methyl sites for hydroxylation is 1. The van der Waals surface area contributed by atoms with E-state index in [9.17, 15) is 14.4 Å². The quantitative estimate of drug-likeness (QED) is 0.713. The maximum absolute atomic E-state index is 12.7. The fourth-order valence-electron chi connectivity index (χ4n) is 2.63. The monoisotopic (exact) mass is 339 g/mol. The van der Waals surface area contributed by atoms with E-state index in [0.29, 0.717) is 5.69 Å². The molecule has 0 bridgehead atoms. The number of nitrogens with zero attached hydrogens (tertiary/aromatic N) is 1. The summed E-state index contributed by atoms with van der Waals surface area (Å²) in [5, 5.41) is 7.07. The SMILES string of the molecule is CCOC(=O)c1[nH]n(C)c(=O)c1C(=O)Nc1cccc2ccccc12. The third-order valence-electron chi connectivity index (χ3n) is 3.79. The molecule has 0 unspecified atom stereocenters. The first-order chi connectivity index (χ1) is 12.0. The van der Waals surface area contributed by atoms with Crippen molar-refractivity contribution >= 4 is 28.3 Å². The minimum atomic E-state index is -0.747. The first-order valence-electron chi connectivity index (χ1n) is 7.78. The van der Waals surface area contributed by atoms with Gasteiger partial charge in [0, 0.05) is 18.1 Å². The van der Waals surface area contributed by atoms with E-state index in [1.54, 1.807) is 19.1 Å². The lowest BCUT2D eigenvalue weighted by molar-refractivity contribution is 0.0515. The van der Waals surface area contributed by atoms with Crippen LogP contribution in [0, 0.1) is 0 Å². The highest BCUT2D eigenvalue weighted by atomic mass is 16.5. The molecule has 7 nitrogen and oxygen atoms in total. The van der Waals surface area contributed by atoms with Crippen molar-refractivity contribution in [1.82, 2.24) is 9.78 Å². The summed E-state index contributed by atoms with van der Waals surface area (Å²) in [6.07, 6.45) is 0. The number of ether oxygens (including phenoxy) is 1. The minimum Gasteiger partial charge on any atom is -0.461 e. The van der Waals surface area contributed by atoms with Crippen molar-refractivity contribution in [2.45, 2.75) is 6.92 Å². The van der Waals surface area contributed by atoms with Gasteiger partial charge in [-0.1, -0.05) is 36.4 Å². The van der Waals surface area contributed by atoms with Gasteiger partial charge in [-0.25, -0.2) is 4.79 Å². The van der Waals surface area contributed by atoms with Gasteiger partial charge in [0.15, 0.2) is 5.69 Å². The number of carbonyl (C=O) groups is 2. The topological polar surface area (TPSA) is 93.2 Å². The lowest BCUT2D eigenvalue weighted by Gasteiger charge is -2.08. The van der Waals surface area contributed by atoms with Crippen LogP contribution in [0.2, 0.25) is 0 Å². The van der Waals surface area contributed by atoms with Crippen LogP contribution >= 0.6 is 0 Å². The highest BCUT2D eigenvalue weighted by Gasteiger charge is 2.26. The van der Waals surface area contributed by atoms with Gasteiger partial charge in [-0.15, -0.1) is 0 Å². The molecule has 0 fully saturated rings. The summed E-state index contributed by atoms with van der Waals surface area (Å²) in [6, 6.07) is 13.0. The first kappa shape index (κ1) is 16.5. The van der Waals surface area contributed by atoms with Crippen LogP contribution in [0.1, 0.15) is 27.8 Å². The molecule has 1 amide bonds. The summed E-state index contributed by atoms with van der Waals surface area (Å²) in [5.74, 6) is -1.41. The highest BCUT2D eigenvalue weighted by Crippen LogP contribution is 2.23. The number of nitrogens with one attached hydrogen (secondary N) is 2. The van der Waals surface area contributed by atoms with E-state index in [0.717, 1.165) is 15.5 Å². The molecule has 0 aliphatic carbocycles. The number of aromatic amines is 1. The number of hydrogen-bond donors (Lipinski definition) is 2. The summed E-state index contributed by atoms with van der Waals surface area (Å²) in [4.78, 5) is 36.9. The van der Waals surface area contributed by atoms with Crippen molar-refractivity contribution in [3.05, 3.63) is 64.1 Å². The number of H-pyrrole nitrogens is 1. The fraction of sp³-hybridized carbons (Fsp3) is 0.167. The number of rotatable bonds is 4. The van der Waals surface area contributed by atoms with Crippen LogP contribution in [0.15, 0.2) is 47.3 Å². The second kappa shape index (κ2) is 6.64. The van der Waals surface area contributed by atoms with Crippen LogP contribution in [0.5, 0.6) is 0 Å². The number of carbonyl (C=O) groups excluding carboxylic acids is 2. The Morgan fingerprint density at radius 1 is 1.16 bits per heavy atom. The summed E-state index contributed by atoms with van der Waals surface area (Å²) in [5.41, 5.74) is -0.470. The maximum atomic E-state index is 12.7. The predicted octanol–water partition coefficient (Wildman–Crippen LogP) is 2.30. The van der Waals surface area contributed by atoms with Gasteiger partial charge in [0.25, 0.3) is 11.5 Å². The van der Waals surface area contributed by atoms with E-state index in [2.05, 4.69) is 10.4 Å². The van der Waals surface area contributed by atoms with Crippen molar-refractivity contribution in [2.75, 3.05) is 11.9 Å². The smallest absolute Gasteiger partial charge is 0.357 e. The average molecular weight is 339 g/mol. The van der Waals surface area contributed by atoms with Crippen molar-refractivity contribution in [2.24, 2.45) is 7.05 Å². The van der Waals surface area contributed by atoms with Gasteiger partial charge >= 0.3 is 5.97 Å². The van der Waals surface area contributed by atoms with Crippen LogP contribution in [0.4, 0.5) is 5.69 Å². The summed E-state index contributed by atoms with van der Waals surface area (Å²) >= 11 is 0. The van der Waals surface area contributed by atoms with E-state index < -0.39 is 17.4 Å². The zero-order valence-corrected chi connectivity index (χ0v) is 13.8. The maximum Gasteiger partial charge on any atom is 0.357 e. The Morgan fingerprint density at radius 2 is 1.88 bits per heavy atom. The fourth-order valence-corrected chi connectivity index (χ4v) is 2.63. The number of fused-ring (bicyclic) bond motifs is 1. The molecule has 3 rings (SSSR count). The Kier molecular flexibility index (Phi) is 4.38. The largest absolute Gasteiger partial charge is 0.461 e. The lowest BCUT2D eigenvalue weighted by atomic mass is 10.1. The van der Waals surface area contributed by atoms with Crippen LogP contribution in [0.25, 0.3) is 10.8 Å². The van der Waals surface area contributed by atoms with Gasteiger partial charge in [-0.3, -0.25) is 19.4 Å². The Bertz CT molecular complexity index is 1010. The molecule has 0 saturated carbocycles. The third kappa shape index (κ3) is 3.03. The summed E-state index contributed by atoms with van der Waals surface area (Å²) in [7, 11) is 1.43. The van der Waals surface area contributed by atoms with Crippen molar-refractivity contribution in [3.63, 3.8) is 0 Å². The van der Waals surface area contributed by atoms with Crippen molar-refractivity contribution in [1.29, 1.82) is 0 Å². The first-order valence-corrected chi connectivity index (χ1v) is 7.78. The Labute approximate surface area is 143 Å². The number of benzene rings is 2. The van der Waals surface area contributed by atoms with Gasteiger partial charge < -0.3 is 10.1 Å². The molecule has 25 heavy (non-hydrogen) atoms. The molecule has 3 aromatic rings. The minimum absolute atomic E-state index is 0.139. The molecule has 0 spiro atoms. The number of aromatic nitrogens is 2. The molecule has 2 N–H and O–H groups in total. The number of anilines is 1. The van der Waals surface area contributed by atoms with E-state index in [1.807, 2.05) is 30.3 Å². The number of amides is 1. The van der Waals surface area contributed by atoms with Gasteiger partial charge in [-0.05, 0) is 18.4 Å². The number of esters is 1. The normalized spacial score (nSPS) is 10.6. The van der Waals surface area contributed by atoms with E-state index in [-0.39, 0.29) is 17.9 Å². The zero-order chi connectivity index (χ0) is 18.0. The molecule has 1 heterocycles. The average Bonchev–Trinajstić information content (AvgIpc) is 2.91. The van der Waals surface area contributed by atoms with Crippen molar-refractivity contribution in [3.8, 4) is 0 Å². The third-order valence-corrected chi connectivity index (χ3v) is 3.79. The van der Waals surface area contributed by atoms with Gasteiger partial charge in [0.05, 0.1) is 6.61 Å². The van der Waals surface area contributed by atoms with Crippen molar-refractivity contribution < 1.29 is 14.3 Å². The molecule has 0 saturated heterocycles. The number of hydrogen-bond acceptors (Lipinski definition) is 4. The molecule has 1 aromatic heterocycles. The molecular formula is C18H17N3O4. The second-order valence-corrected chi connectivity index (χ2v) is 5.43. The van der Waals surface area contributed by atoms with Gasteiger partial charge in [0.2, 0.25) is 0 Å². The summed E-state index contributed by atoms with van der Waals surface area (Å²) in [6.45, 7) is 1.79. The predicted molar refractivity (Wildman–Crippen MR) is 93.9 cm³/mol. The Morgan fingerprint density at radius 3 is 2.64 bits per heavy atom. The standard InChI is InChI=1S/C18H17N3O4/c1-3-25-18(24)15-14(17(23)21(2)20-15)16(22)19-13-10-6-8-11-7-4-5-9-12(11)13/h4-10,20H,3H2,1-2H3,(H,19,22).